The molecule has 3 aromatic carbocycles. The molecule has 238 valence electrons. The van der Waals surface area contributed by atoms with Gasteiger partial charge in [-0.05, 0) is 53.8 Å². The van der Waals surface area contributed by atoms with Crippen LogP contribution in [0.15, 0.2) is 78.9 Å². The lowest BCUT2D eigenvalue weighted by Gasteiger charge is -2.37. The number of esters is 1. The monoisotopic (exact) mass is 605 g/mol. The van der Waals surface area contributed by atoms with Crippen molar-refractivity contribution in [2.45, 2.75) is 57.0 Å². The summed E-state index contributed by atoms with van der Waals surface area (Å²) in [6.07, 6.45) is 6.44. The third-order valence-corrected chi connectivity index (χ3v) is 7.83. The van der Waals surface area contributed by atoms with Crippen molar-refractivity contribution < 1.29 is 33.6 Å². The summed E-state index contributed by atoms with van der Waals surface area (Å²) in [5.74, 6) is 1.32. The fourth-order valence-electron chi connectivity index (χ4n) is 5.38. The highest BCUT2D eigenvalue weighted by Crippen LogP contribution is 2.41. The van der Waals surface area contributed by atoms with Gasteiger partial charge in [0.2, 0.25) is 5.91 Å². The Morgan fingerprint density at radius 2 is 1.16 bits per heavy atom. The second kappa shape index (κ2) is 18.7. The van der Waals surface area contributed by atoms with Crippen molar-refractivity contribution in [3.05, 3.63) is 95.6 Å². The van der Waals surface area contributed by atoms with E-state index in [-0.39, 0.29) is 31.6 Å². The third-order valence-electron chi connectivity index (χ3n) is 7.83. The van der Waals surface area contributed by atoms with Crippen LogP contribution < -0.4 is 9.47 Å². The van der Waals surface area contributed by atoms with Crippen LogP contribution in [0.5, 0.6) is 11.5 Å². The van der Waals surface area contributed by atoms with E-state index in [0.717, 1.165) is 66.7 Å². The summed E-state index contributed by atoms with van der Waals surface area (Å²) in [4.78, 5) is 26.1. The SMILES string of the molecule is COC(=O)CCCCCCCCC(=O)N(CCO)CCOC(c1ccccc1)(c1ccc(OC)cc1)c1ccc(OC)cc1. The van der Waals surface area contributed by atoms with Gasteiger partial charge in [-0.3, -0.25) is 9.59 Å². The van der Waals surface area contributed by atoms with E-state index in [9.17, 15) is 14.7 Å². The number of hydrogen-bond donors (Lipinski definition) is 1. The lowest BCUT2D eigenvalue weighted by molar-refractivity contribution is -0.140. The summed E-state index contributed by atoms with van der Waals surface area (Å²) < 4.78 is 22.4. The molecule has 0 saturated heterocycles. The smallest absolute Gasteiger partial charge is 0.305 e. The van der Waals surface area contributed by atoms with E-state index < -0.39 is 5.60 Å². The number of aliphatic hydroxyl groups is 1. The predicted molar refractivity (Wildman–Crippen MR) is 171 cm³/mol. The summed E-state index contributed by atoms with van der Waals surface area (Å²) in [5.41, 5.74) is 1.81. The van der Waals surface area contributed by atoms with Crippen LogP contribution in [0.4, 0.5) is 0 Å². The predicted octanol–water partition coefficient (Wildman–Crippen LogP) is 6.13. The molecule has 0 spiro atoms. The van der Waals surface area contributed by atoms with Gasteiger partial charge in [0.05, 0.1) is 34.5 Å². The molecule has 0 radical (unpaired) electrons. The molecule has 8 nitrogen and oxygen atoms in total. The average Bonchev–Trinajstić information content (AvgIpc) is 3.07. The summed E-state index contributed by atoms with van der Waals surface area (Å²) in [5, 5.41) is 9.74. The second-order valence-electron chi connectivity index (χ2n) is 10.7. The third kappa shape index (κ3) is 9.82. The molecule has 44 heavy (non-hydrogen) atoms. The van der Waals surface area contributed by atoms with E-state index in [4.69, 9.17) is 14.2 Å². The first kappa shape index (κ1) is 34.6. The van der Waals surface area contributed by atoms with Crippen LogP contribution in [0, 0.1) is 0 Å². The average molecular weight is 606 g/mol. The van der Waals surface area contributed by atoms with E-state index in [2.05, 4.69) is 4.74 Å². The van der Waals surface area contributed by atoms with Gasteiger partial charge in [0, 0.05) is 25.9 Å². The molecule has 0 aliphatic rings. The molecule has 0 heterocycles. The Morgan fingerprint density at radius 1 is 0.659 bits per heavy atom. The highest BCUT2D eigenvalue weighted by atomic mass is 16.5. The molecule has 0 atom stereocenters. The quantitative estimate of drug-likeness (QED) is 0.0941. The first-order valence-electron chi connectivity index (χ1n) is 15.4. The largest absolute Gasteiger partial charge is 0.497 e. The molecular weight excluding hydrogens is 558 g/mol. The Balaban J connectivity index is 1.73. The number of methoxy groups -OCH3 is 3. The van der Waals surface area contributed by atoms with Crippen molar-refractivity contribution in [2.24, 2.45) is 0 Å². The minimum atomic E-state index is -0.971. The van der Waals surface area contributed by atoms with E-state index in [0.29, 0.717) is 19.4 Å². The Morgan fingerprint density at radius 3 is 1.66 bits per heavy atom. The molecule has 8 heteroatoms. The zero-order valence-electron chi connectivity index (χ0n) is 26.3. The van der Waals surface area contributed by atoms with Gasteiger partial charge < -0.3 is 29.0 Å². The van der Waals surface area contributed by atoms with Gasteiger partial charge in [-0.15, -0.1) is 0 Å². The van der Waals surface area contributed by atoms with E-state index in [1.54, 1.807) is 19.1 Å². The molecule has 0 bridgehead atoms. The zero-order valence-corrected chi connectivity index (χ0v) is 26.3. The molecule has 3 aromatic rings. The van der Waals surface area contributed by atoms with Crippen LogP contribution in [0.3, 0.4) is 0 Å². The maximum Gasteiger partial charge on any atom is 0.305 e. The maximum atomic E-state index is 13.2. The van der Waals surface area contributed by atoms with Gasteiger partial charge in [-0.2, -0.15) is 0 Å². The van der Waals surface area contributed by atoms with Crippen molar-refractivity contribution in [3.63, 3.8) is 0 Å². The molecule has 0 saturated carbocycles. The van der Waals surface area contributed by atoms with Gasteiger partial charge in [-0.1, -0.05) is 80.3 Å². The molecular formula is C36H47NO7. The van der Waals surface area contributed by atoms with Crippen molar-refractivity contribution in [1.29, 1.82) is 0 Å². The summed E-state index contributed by atoms with van der Waals surface area (Å²) >= 11 is 0. The van der Waals surface area contributed by atoms with E-state index in [1.807, 2.05) is 78.9 Å². The number of carbonyl (C=O) groups excluding carboxylic acids is 2. The lowest BCUT2D eigenvalue weighted by Crippen LogP contribution is -2.39. The fourth-order valence-corrected chi connectivity index (χ4v) is 5.38. The van der Waals surface area contributed by atoms with Crippen LogP contribution in [-0.2, 0) is 24.7 Å². The number of benzene rings is 3. The molecule has 0 fully saturated rings. The standard InChI is InChI=1S/C36H47NO7/c1-41-32-21-17-30(18-22-32)36(29-13-9-8-10-14-29,31-19-23-33(42-2)24-20-31)44-28-26-37(25-27-38)34(39)15-11-6-4-5-7-12-16-35(40)43-3/h8-10,13-14,17-24,38H,4-7,11-12,15-16,25-28H2,1-3H3. The molecule has 0 aliphatic heterocycles. The molecule has 0 aromatic heterocycles. The molecule has 1 amide bonds. The highest BCUT2D eigenvalue weighted by Gasteiger charge is 2.38. The number of unbranched alkanes of at least 4 members (excludes halogenated alkanes) is 5. The molecule has 1 N–H and O–H groups in total. The maximum absolute atomic E-state index is 13.2. The number of ether oxygens (including phenoxy) is 4. The van der Waals surface area contributed by atoms with E-state index >= 15 is 0 Å². The Kier molecular flexibility index (Phi) is 14.7. The van der Waals surface area contributed by atoms with Crippen molar-refractivity contribution in [2.75, 3.05) is 47.6 Å². The molecule has 0 aliphatic carbocycles. The minimum absolute atomic E-state index is 0.00699. The van der Waals surface area contributed by atoms with Gasteiger partial charge in [0.1, 0.15) is 17.1 Å². The van der Waals surface area contributed by atoms with E-state index in [1.165, 1.54) is 7.11 Å². The number of carbonyl (C=O) groups is 2. The van der Waals surface area contributed by atoms with Crippen LogP contribution in [0.1, 0.15) is 68.1 Å². The first-order valence-corrected chi connectivity index (χ1v) is 15.4. The second-order valence-corrected chi connectivity index (χ2v) is 10.7. The first-order chi connectivity index (χ1) is 21.5. The number of hydrogen-bond acceptors (Lipinski definition) is 7. The Bertz CT molecular complexity index is 1200. The topological polar surface area (TPSA) is 94.5 Å². The summed E-state index contributed by atoms with van der Waals surface area (Å²) in [7, 11) is 4.69. The van der Waals surface area contributed by atoms with Gasteiger partial charge in [0.15, 0.2) is 0 Å². The van der Waals surface area contributed by atoms with Crippen LogP contribution in [0.25, 0.3) is 0 Å². The lowest BCUT2D eigenvalue weighted by atomic mass is 9.80. The highest BCUT2D eigenvalue weighted by molar-refractivity contribution is 5.76. The fraction of sp³-hybridized carbons (Fsp3) is 0.444. The number of rotatable bonds is 20. The minimum Gasteiger partial charge on any atom is -0.497 e. The number of amides is 1. The molecule has 3 rings (SSSR count). The summed E-state index contributed by atoms with van der Waals surface area (Å²) in [6.45, 7) is 0.721. The Hall–Kier alpha value is -3.88. The van der Waals surface area contributed by atoms with Gasteiger partial charge >= 0.3 is 5.97 Å². The number of aliphatic hydroxyl groups excluding tert-OH is 1. The zero-order chi connectivity index (χ0) is 31.6. The van der Waals surface area contributed by atoms with Crippen molar-refractivity contribution in [3.8, 4) is 11.5 Å². The van der Waals surface area contributed by atoms with Crippen LogP contribution in [0.2, 0.25) is 0 Å². The van der Waals surface area contributed by atoms with Crippen molar-refractivity contribution in [1.82, 2.24) is 4.90 Å². The normalized spacial score (nSPS) is 11.2. The van der Waals surface area contributed by atoms with Gasteiger partial charge in [0.25, 0.3) is 0 Å². The number of nitrogens with zero attached hydrogens (tertiary/aromatic N) is 1. The van der Waals surface area contributed by atoms with Gasteiger partial charge in [-0.25, -0.2) is 0 Å². The van der Waals surface area contributed by atoms with Crippen LogP contribution >= 0.6 is 0 Å². The van der Waals surface area contributed by atoms with Crippen LogP contribution in [-0.4, -0.2) is 69.5 Å². The summed E-state index contributed by atoms with van der Waals surface area (Å²) in [6, 6.07) is 25.7. The van der Waals surface area contributed by atoms with Crippen molar-refractivity contribution >= 4 is 11.9 Å². The Labute approximate surface area is 261 Å². The molecule has 0 unspecified atom stereocenters.